The van der Waals surface area contributed by atoms with Gasteiger partial charge in [-0.1, -0.05) is 0 Å². The first kappa shape index (κ1) is 17.9. The molecule has 2 unspecified atom stereocenters. The fourth-order valence-corrected chi connectivity index (χ4v) is 2.20. The minimum absolute atomic E-state index is 0.286. The summed E-state index contributed by atoms with van der Waals surface area (Å²) in [5, 5.41) is 18.0. The van der Waals surface area contributed by atoms with Gasteiger partial charge < -0.3 is 9.84 Å². The van der Waals surface area contributed by atoms with Crippen molar-refractivity contribution in [3.05, 3.63) is 29.3 Å². The second kappa shape index (κ2) is 5.86. The molecule has 0 bridgehead atoms. The maximum atomic E-state index is 12.9. The number of hydrogen-bond donors (Lipinski definition) is 1. The smallest absolute Gasteiger partial charge is 0.417 e. The SMILES string of the molecule is N#Cc1ccc(N2C(=O)OCC2C(O)C(F)(F)F)cc1C(F)(F)F. The second-order valence-electron chi connectivity index (χ2n) is 4.84. The summed E-state index contributed by atoms with van der Waals surface area (Å²) in [6.07, 6.45) is -14.4. The molecular weight excluding hydrogens is 346 g/mol. The predicted octanol–water partition coefficient (Wildman–Crippen LogP) is 2.83. The molecule has 1 aromatic rings. The fourth-order valence-electron chi connectivity index (χ4n) is 2.20. The van der Waals surface area contributed by atoms with Crippen molar-refractivity contribution in [3.63, 3.8) is 0 Å². The maximum absolute atomic E-state index is 12.9. The molecular formula is C13H8F6N2O3. The maximum Gasteiger partial charge on any atom is 0.417 e. The van der Waals surface area contributed by atoms with E-state index in [1.165, 1.54) is 6.07 Å². The highest BCUT2D eigenvalue weighted by atomic mass is 19.4. The van der Waals surface area contributed by atoms with Crippen LogP contribution >= 0.6 is 0 Å². The molecule has 1 amide bonds. The number of aliphatic hydroxyl groups is 1. The topological polar surface area (TPSA) is 73.6 Å². The van der Waals surface area contributed by atoms with Gasteiger partial charge in [-0.15, -0.1) is 0 Å². The molecule has 1 heterocycles. The quantitative estimate of drug-likeness (QED) is 0.829. The van der Waals surface area contributed by atoms with Crippen molar-refractivity contribution in [2.24, 2.45) is 0 Å². The number of ether oxygens (including phenoxy) is 1. The summed E-state index contributed by atoms with van der Waals surface area (Å²) in [6, 6.07) is 1.32. The lowest BCUT2D eigenvalue weighted by molar-refractivity contribution is -0.209. The summed E-state index contributed by atoms with van der Waals surface area (Å²) in [7, 11) is 0. The number of carbonyl (C=O) groups excluding carboxylic acids is 1. The highest BCUT2D eigenvalue weighted by Crippen LogP contribution is 2.37. The van der Waals surface area contributed by atoms with Crippen LogP contribution in [0.1, 0.15) is 11.1 Å². The Hall–Kier alpha value is -2.48. The van der Waals surface area contributed by atoms with Gasteiger partial charge in [0.1, 0.15) is 12.6 Å². The van der Waals surface area contributed by atoms with Crippen LogP contribution in [0.2, 0.25) is 0 Å². The van der Waals surface area contributed by atoms with Crippen molar-refractivity contribution < 1.29 is 41.0 Å². The van der Waals surface area contributed by atoms with E-state index in [1.807, 2.05) is 0 Å². The van der Waals surface area contributed by atoms with Gasteiger partial charge in [-0.25, -0.2) is 4.79 Å². The minimum atomic E-state index is -5.10. The summed E-state index contributed by atoms with van der Waals surface area (Å²) in [5.41, 5.74) is -2.74. The molecule has 0 aliphatic carbocycles. The molecule has 130 valence electrons. The van der Waals surface area contributed by atoms with E-state index in [1.54, 1.807) is 0 Å². The van der Waals surface area contributed by atoms with Gasteiger partial charge in [0.25, 0.3) is 0 Å². The Balaban J connectivity index is 2.49. The van der Waals surface area contributed by atoms with Gasteiger partial charge in [0.15, 0.2) is 6.10 Å². The lowest BCUT2D eigenvalue weighted by Gasteiger charge is -2.27. The molecule has 2 atom stereocenters. The Labute approximate surface area is 130 Å². The van der Waals surface area contributed by atoms with Crippen molar-refractivity contribution in [3.8, 4) is 6.07 Å². The number of nitrogens with zero attached hydrogens (tertiary/aromatic N) is 2. The van der Waals surface area contributed by atoms with Crippen molar-refractivity contribution in [1.82, 2.24) is 0 Å². The van der Waals surface area contributed by atoms with Crippen LogP contribution < -0.4 is 4.90 Å². The highest BCUT2D eigenvalue weighted by molar-refractivity contribution is 5.90. The van der Waals surface area contributed by atoms with Crippen LogP contribution in [0.25, 0.3) is 0 Å². The summed E-state index contributed by atoms with van der Waals surface area (Å²) in [6.45, 7) is -0.846. The highest BCUT2D eigenvalue weighted by Gasteiger charge is 2.51. The van der Waals surface area contributed by atoms with E-state index in [-0.39, 0.29) is 4.90 Å². The molecule has 0 spiro atoms. The summed E-state index contributed by atoms with van der Waals surface area (Å²) in [5.74, 6) is 0. The molecule has 1 N–H and O–H groups in total. The number of nitriles is 1. The normalized spacial score (nSPS) is 19.8. The molecule has 1 fully saturated rings. The first-order chi connectivity index (χ1) is 11.0. The molecule has 1 saturated heterocycles. The lowest BCUT2D eigenvalue weighted by Crippen LogP contribution is -2.49. The van der Waals surface area contributed by atoms with Crippen molar-refractivity contribution in [2.75, 3.05) is 11.5 Å². The molecule has 11 heteroatoms. The van der Waals surface area contributed by atoms with Gasteiger partial charge in [-0.05, 0) is 18.2 Å². The standard InChI is InChI=1S/C13H8F6N2O3/c14-12(15,16)8-3-7(2-1-6(8)4-20)21-9(5-24-11(21)23)10(22)13(17,18)19/h1-3,9-10,22H,5H2. The summed E-state index contributed by atoms with van der Waals surface area (Å²) >= 11 is 0. The Morgan fingerprint density at radius 2 is 1.92 bits per heavy atom. The first-order valence-electron chi connectivity index (χ1n) is 6.29. The molecule has 5 nitrogen and oxygen atoms in total. The Kier molecular flexibility index (Phi) is 4.36. The number of halogens is 6. The number of amides is 1. The Morgan fingerprint density at radius 3 is 2.42 bits per heavy atom. The van der Waals surface area contributed by atoms with E-state index in [0.29, 0.717) is 6.07 Å². The van der Waals surface area contributed by atoms with Gasteiger partial charge in [-0.3, -0.25) is 4.90 Å². The van der Waals surface area contributed by atoms with Crippen LogP contribution in [0.4, 0.5) is 36.8 Å². The van der Waals surface area contributed by atoms with Crippen molar-refractivity contribution in [2.45, 2.75) is 24.5 Å². The van der Waals surface area contributed by atoms with E-state index in [0.717, 1.165) is 12.1 Å². The van der Waals surface area contributed by atoms with Gasteiger partial charge in [0.05, 0.1) is 17.2 Å². The molecule has 24 heavy (non-hydrogen) atoms. The third-order valence-corrected chi connectivity index (χ3v) is 3.31. The van der Waals surface area contributed by atoms with Crippen molar-refractivity contribution in [1.29, 1.82) is 5.26 Å². The third-order valence-electron chi connectivity index (χ3n) is 3.31. The monoisotopic (exact) mass is 354 g/mol. The largest absolute Gasteiger partial charge is 0.447 e. The van der Waals surface area contributed by atoms with Gasteiger partial charge in [0.2, 0.25) is 0 Å². The average molecular weight is 354 g/mol. The molecule has 0 aromatic heterocycles. The van der Waals surface area contributed by atoms with Crippen LogP contribution in [0, 0.1) is 11.3 Å². The number of anilines is 1. The molecule has 1 aromatic carbocycles. The van der Waals surface area contributed by atoms with Gasteiger partial charge in [0, 0.05) is 5.69 Å². The summed E-state index contributed by atoms with van der Waals surface area (Å²) in [4.78, 5) is 11.9. The zero-order valence-electron chi connectivity index (χ0n) is 11.5. The molecule has 1 aliphatic heterocycles. The van der Waals surface area contributed by atoms with Crippen LogP contribution in [-0.2, 0) is 10.9 Å². The van der Waals surface area contributed by atoms with Crippen molar-refractivity contribution >= 4 is 11.8 Å². The Morgan fingerprint density at radius 1 is 1.29 bits per heavy atom. The predicted molar refractivity (Wildman–Crippen MR) is 65.8 cm³/mol. The average Bonchev–Trinajstić information content (AvgIpc) is 2.85. The van der Waals surface area contributed by atoms with Crippen LogP contribution in [0.15, 0.2) is 18.2 Å². The first-order valence-corrected chi connectivity index (χ1v) is 6.29. The summed E-state index contributed by atoms with van der Waals surface area (Å²) < 4.78 is 81.1. The number of aliphatic hydroxyl groups excluding tert-OH is 1. The van der Waals surface area contributed by atoms with Crippen LogP contribution in [-0.4, -0.2) is 36.1 Å². The molecule has 0 radical (unpaired) electrons. The number of alkyl halides is 6. The molecule has 0 saturated carbocycles. The minimum Gasteiger partial charge on any atom is -0.447 e. The van der Waals surface area contributed by atoms with Gasteiger partial charge >= 0.3 is 18.4 Å². The number of benzene rings is 1. The number of hydrogen-bond acceptors (Lipinski definition) is 4. The van der Waals surface area contributed by atoms with E-state index in [9.17, 15) is 36.2 Å². The molecule has 1 aliphatic rings. The van der Waals surface area contributed by atoms with E-state index in [2.05, 4.69) is 4.74 Å². The lowest BCUT2D eigenvalue weighted by atomic mass is 10.0. The Bertz CT molecular complexity index is 694. The van der Waals surface area contributed by atoms with E-state index >= 15 is 0 Å². The van der Waals surface area contributed by atoms with Crippen LogP contribution in [0.5, 0.6) is 0 Å². The molecule has 2 rings (SSSR count). The third kappa shape index (κ3) is 3.23. The zero-order valence-corrected chi connectivity index (χ0v) is 11.5. The number of carbonyl (C=O) groups is 1. The number of cyclic esters (lactones) is 1. The van der Waals surface area contributed by atoms with Gasteiger partial charge in [-0.2, -0.15) is 31.6 Å². The van der Waals surface area contributed by atoms with E-state index < -0.39 is 54.0 Å². The van der Waals surface area contributed by atoms with E-state index in [4.69, 9.17) is 5.26 Å². The zero-order chi connectivity index (χ0) is 18.3. The van der Waals surface area contributed by atoms with Crippen LogP contribution in [0.3, 0.4) is 0 Å². The fraction of sp³-hybridized carbons (Fsp3) is 0.385. The number of rotatable bonds is 2. The second-order valence-corrected chi connectivity index (χ2v) is 4.84.